The SMILES string of the molecule is CCC(=O)N1CCC(C(=O)NCC(F)(F)F)CC1. The second-order valence-electron chi connectivity index (χ2n) is 4.34. The normalized spacial score (nSPS) is 17.7. The summed E-state index contributed by atoms with van der Waals surface area (Å²) in [5.41, 5.74) is 0. The molecule has 1 rings (SSSR count). The van der Waals surface area contributed by atoms with Gasteiger partial charge in [-0.1, -0.05) is 6.92 Å². The van der Waals surface area contributed by atoms with Crippen LogP contribution in [-0.4, -0.2) is 42.5 Å². The Morgan fingerprint density at radius 1 is 1.28 bits per heavy atom. The predicted molar refractivity (Wildman–Crippen MR) is 58.7 cm³/mol. The van der Waals surface area contributed by atoms with Crippen molar-refractivity contribution < 1.29 is 22.8 Å². The zero-order valence-electron chi connectivity index (χ0n) is 10.2. The number of amides is 2. The Balaban J connectivity index is 2.34. The quantitative estimate of drug-likeness (QED) is 0.837. The van der Waals surface area contributed by atoms with Crippen LogP contribution in [-0.2, 0) is 9.59 Å². The number of piperidine rings is 1. The molecular formula is C11H17F3N2O2. The van der Waals surface area contributed by atoms with E-state index in [0.717, 1.165) is 0 Å². The molecule has 0 saturated carbocycles. The van der Waals surface area contributed by atoms with Gasteiger partial charge in [-0.15, -0.1) is 0 Å². The number of hydrogen-bond donors (Lipinski definition) is 1. The van der Waals surface area contributed by atoms with Crippen LogP contribution in [0.4, 0.5) is 13.2 Å². The van der Waals surface area contributed by atoms with E-state index in [-0.39, 0.29) is 5.91 Å². The van der Waals surface area contributed by atoms with E-state index in [0.29, 0.717) is 32.4 Å². The maximum absolute atomic E-state index is 11.9. The first kappa shape index (κ1) is 14.8. The molecule has 1 aliphatic heterocycles. The van der Waals surface area contributed by atoms with Gasteiger partial charge in [0.05, 0.1) is 0 Å². The number of halogens is 3. The zero-order valence-corrected chi connectivity index (χ0v) is 10.2. The largest absolute Gasteiger partial charge is 0.405 e. The third kappa shape index (κ3) is 4.54. The van der Waals surface area contributed by atoms with Gasteiger partial charge in [0.15, 0.2) is 0 Å². The van der Waals surface area contributed by atoms with E-state index < -0.39 is 24.5 Å². The number of hydrogen-bond acceptors (Lipinski definition) is 2. The number of carbonyl (C=O) groups excluding carboxylic acids is 2. The van der Waals surface area contributed by atoms with Crippen molar-refractivity contribution in [3.8, 4) is 0 Å². The van der Waals surface area contributed by atoms with Crippen LogP contribution in [0.1, 0.15) is 26.2 Å². The number of nitrogens with zero attached hydrogens (tertiary/aromatic N) is 1. The highest BCUT2D eigenvalue weighted by Gasteiger charge is 2.31. The van der Waals surface area contributed by atoms with Gasteiger partial charge in [0.25, 0.3) is 0 Å². The van der Waals surface area contributed by atoms with Crippen LogP contribution in [0.25, 0.3) is 0 Å². The number of carbonyl (C=O) groups is 2. The lowest BCUT2D eigenvalue weighted by Gasteiger charge is -2.31. The molecule has 1 saturated heterocycles. The molecule has 0 radical (unpaired) electrons. The van der Waals surface area contributed by atoms with Gasteiger partial charge in [0.2, 0.25) is 11.8 Å². The Kier molecular flexibility index (Phi) is 4.98. The summed E-state index contributed by atoms with van der Waals surface area (Å²) in [6.45, 7) is 1.35. The molecule has 0 atom stereocenters. The van der Waals surface area contributed by atoms with E-state index in [4.69, 9.17) is 0 Å². The lowest BCUT2D eigenvalue weighted by atomic mass is 9.95. The van der Waals surface area contributed by atoms with Crippen molar-refractivity contribution in [1.82, 2.24) is 10.2 Å². The van der Waals surface area contributed by atoms with Gasteiger partial charge < -0.3 is 10.2 Å². The number of likely N-dealkylation sites (tertiary alicyclic amines) is 1. The summed E-state index contributed by atoms with van der Waals surface area (Å²) in [7, 11) is 0. The van der Waals surface area contributed by atoms with E-state index in [1.54, 1.807) is 11.8 Å². The maximum atomic E-state index is 11.9. The van der Waals surface area contributed by atoms with E-state index >= 15 is 0 Å². The van der Waals surface area contributed by atoms with Gasteiger partial charge in [-0.25, -0.2) is 0 Å². The standard InChI is InChI=1S/C11H17F3N2O2/c1-2-9(17)16-5-3-8(4-6-16)10(18)15-7-11(12,13)14/h8H,2-7H2,1H3,(H,15,18). The van der Waals surface area contributed by atoms with E-state index in [1.807, 2.05) is 5.32 Å². The maximum Gasteiger partial charge on any atom is 0.405 e. The molecule has 4 nitrogen and oxygen atoms in total. The average Bonchev–Trinajstić information content (AvgIpc) is 2.34. The minimum Gasteiger partial charge on any atom is -0.347 e. The van der Waals surface area contributed by atoms with Crippen molar-refractivity contribution in [2.45, 2.75) is 32.4 Å². The second kappa shape index (κ2) is 6.06. The van der Waals surface area contributed by atoms with Crippen molar-refractivity contribution in [1.29, 1.82) is 0 Å². The Hall–Kier alpha value is -1.27. The van der Waals surface area contributed by atoms with Crippen molar-refractivity contribution in [2.75, 3.05) is 19.6 Å². The summed E-state index contributed by atoms with van der Waals surface area (Å²) in [5, 5.41) is 1.88. The van der Waals surface area contributed by atoms with Gasteiger partial charge in [0.1, 0.15) is 6.54 Å². The zero-order chi connectivity index (χ0) is 13.8. The van der Waals surface area contributed by atoms with Crippen molar-refractivity contribution >= 4 is 11.8 Å². The molecule has 0 aromatic rings. The molecule has 0 aliphatic carbocycles. The van der Waals surface area contributed by atoms with Crippen LogP contribution in [0.3, 0.4) is 0 Å². The molecule has 0 unspecified atom stereocenters. The Morgan fingerprint density at radius 3 is 2.28 bits per heavy atom. The predicted octanol–water partition coefficient (Wildman–Crippen LogP) is 1.31. The molecule has 2 amide bonds. The molecule has 0 aromatic carbocycles. The fourth-order valence-corrected chi connectivity index (χ4v) is 1.95. The fourth-order valence-electron chi connectivity index (χ4n) is 1.95. The molecule has 1 N–H and O–H groups in total. The van der Waals surface area contributed by atoms with Crippen LogP contribution in [0.2, 0.25) is 0 Å². The molecule has 1 heterocycles. The first-order chi connectivity index (χ1) is 8.33. The van der Waals surface area contributed by atoms with Gasteiger partial charge in [-0.05, 0) is 12.8 Å². The van der Waals surface area contributed by atoms with Crippen LogP contribution >= 0.6 is 0 Å². The van der Waals surface area contributed by atoms with Crippen LogP contribution in [0.15, 0.2) is 0 Å². The highest BCUT2D eigenvalue weighted by atomic mass is 19.4. The van der Waals surface area contributed by atoms with E-state index in [1.165, 1.54) is 0 Å². The average molecular weight is 266 g/mol. The smallest absolute Gasteiger partial charge is 0.347 e. The summed E-state index contributed by atoms with van der Waals surface area (Å²) >= 11 is 0. The fraction of sp³-hybridized carbons (Fsp3) is 0.818. The Morgan fingerprint density at radius 2 is 1.83 bits per heavy atom. The number of rotatable bonds is 3. The first-order valence-corrected chi connectivity index (χ1v) is 5.95. The summed E-state index contributed by atoms with van der Waals surface area (Å²) < 4.78 is 35.8. The van der Waals surface area contributed by atoms with Crippen molar-refractivity contribution in [2.24, 2.45) is 5.92 Å². The minimum absolute atomic E-state index is 0.0177. The van der Waals surface area contributed by atoms with Crippen LogP contribution < -0.4 is 5.32 Å². The van der Waals surface area contributed by atoms with Gasteiger partial charge in [0, 0.05) is 25.4 Å². The molecule has 7 heteroatoms. The number of alkyl halides is 3. The minimum atomic E-state index is -4.38. The highest BCUT2D eigenvalue weighted by molar-refractivity contribution is 5.80. The molecule has 0 spiro atoms. The summed E-state index contributed by atoms with van der Waals surface area (Å²) in [6, 6.07) is 0. The van der Waals surface area contributed by atoms with Gasteiger partial charge in [-0.3, -0.25) is 9.59 Å². The van der Waals surface area contributed by atoms with Gasteiger partial charge in [-0.2, -0.15) is 13.2 Å². The third-order valence-corrected chi connectivity index (χ3v) is 2.98. The Labute approximate surface area is 104 Å². The summed E-state index contributed by atoms with van der Waals surface area (Å²) in [4.78, 5) is 24.5. The lowest BCUT2D eigenvalue weighted by molar-refractivity contribution is -0.142. The second-order valence-corrected chi connectivity index (χ2v) is 4.34. The van der Waals surface area contributed by atoms with Crippen molar-refractivity contribution in [3.63, 3.8) is 0 Å². The molecular weight excluding hydrogens is 249 g/mol. The Bertz CT molecular complexity index is 310. The van der Waals surface area contributed by atoms with Gasteiger partial charge >= 0.3 is 6.18 Å². The molecule has 0 aromatic heterocycles. The van der Waals surface area contributed by atoms with Crippen LogP contribution in [0, 0.1) is 5.92 Å². The van der Waals surface area contributed by atoms with Crippen molar-refractivity contribution in [3.05, 3.63) is 0 Å². The summed E-state index contributed by atoms with van der Waals surface area (Å²) in [5.74, 6) is -0.978. The number of nitrogens with one attached hydrogen (secondary N) is 1. The van der Waals surface area contributed by atoms with E-state index in [9.17, 15) is 22.8 Å². The van der Waals surface area contributed by atoms with Crippen LogP contribution in [0.5, 0.6) is 0 Å². The third-order valence-electron chi connectivity index (χ3n) is 2.98. The molecule has 1 fully saturated rings. The molecule has 0 bridgehead atoms. The lowest BCUT2D eigenvalue weighted by Crippen LogP contribution is -2.44. The topological polar surface area (TPSA) is 49.4 Å². The first-order valence-electron chi connectivity index (χ1n) is 5.95. The van der Waals surface area contributed by atoms with E-state index in [2.05, 4.69) is 0 Å². The summed E-state index contributed by atoms with van der Waals surface area (Å²) in [6.07, 6.45) is -3.12. The highest BCUT2D eigenvalue weighted by Crippen LogP contribution is 2.19. The molecule has 18 heavy (non-hydrogen) atoms. The monoisotopic (exact) mass is 266 g/mol. The molecule has 104 valence electrons. The molecule has 1 aliphatic rings.